The summed E-state index contributed by atoms with van der Waals surface area (Å²) in [6.07, 6.45) is 0.207. The zero-order valence-electron chi connectivity index (χ0n) is 9.64. The van der Waals surface area contributed by atoms with Crippen LogP contribution in [-0.2, 0) is 14.3 Å². The number of thioether (sulfide) groups is 1. The summed E-state index contributed by atoms with van der Waals surface area (Å²) >= 11 is 1.46. The van der Waals surface area contributed by atoms with E-state index in [1.165, 1.54) is 18.9 Å². The molecule has 0 bridgehead atoms. The molecule has 0 unspecified atom stereocenters. The Morgan fingerprint density at radius 2 is 2.00 bits per heavy atom. The van der Waals surface area contributed by atoms with Crippen LogP contribution in [0.2, 0.25) is 0 Å². The van der Waals surface area contributed by atoms with Crippen LogP contribution in [0, 0.1) is 0 Å². The second kappa shape index (κ2) is 7.73. The van der Waals surface area contributed by atoms with Gasteiger partial charge in [0.2, 0.25) is 5.91 Å². The summed E-state index contributed by atoms with van der Waals surface area (Å²) in [6.45, 7) is 0.320. The van der Waals surface area contributed by atoms with Crippen molar-refractivity contribution in [2.75, 3.05) is 19.4 Å². The van der Waals surface area contributed by atoms with Gasteiger partial charge in [0.15, 0.2) is 0 Å². The molecule has 1 aromatic rings. The van der Waals surface area contributed by atoms with E-state index in [-0.39, 0.29) is 18.3 Å². The molecule has 0 saturated carbocycles. The first-order valence-corrected chi connectivity index (χ1v) is 6.22. The van der Waals surface area contributed by atoms with Crippen LogP contribution < -0.4 is 5.32 Å². The first-order chi connectivity index (χ1) is 8.22. The Morgan fingerprint density at radius 3 is 2.65 bits per heavy atom. The zero-order valence-corrected chi connectivity index (χ0v) is 10.5. The van der Waals surface area contributed by atoms with Gasteiger partial charge in [0.05, 0.1) is 19.3 Å². The molecule has 0 atom stereocenters. The molecule has 0 aliphatic rings. The fraction of sp³-hybridized carbons (Fsp3) is 0.333. The largest absolute Gasteiger partial charge is 0.469 e. The highest BCUT2D eigenvalue weighted by molar-refractivity contribution is 8.00. The molecule has 0 aliphatic heterocycles. The second-order valence-electron chi connectivity index (χ2n) is 3.28. The molecule has 1 aromatic carbocycles. The predicted octanol–water partition coefficient (Wildman–Crippen LogP) is 1.46. The van der Waals surface area contributed by atoms with Crippen LogP contribution in [-0.4, -0.2) is 31.3 Å². The van der Waals surface area contributed by atoms with Crippen LogP contribution in [0.5, 0.6) is 0 Å². The van der Waals surface area contributed by atoms with Crippen LogP contribution in [0.15, 0.2) is 35.2 Å². The predicted molar refractivity (Wildman–Crippen MR) is 66.8 cm³/mol. The van der Waals surface area contributed by atoms with E-state index in [4.69, 9.17) is 0 Å². The fourth-order valence-electron chi connectivity index (χ4n) is 1.12. The van der Waals surface area contributed by atoms with Crippen molar-refractivity contribution in [1.82, 2.24) is 5.32 Å². The molecule has 0 heterocycles. The lowest BCUT2D eigenvalue weighted by atomic mass is 10.4. The fourth-order valence-corrected chi connectivity index (χ4v) is 1.87. The third-order valence-electron chi connectivity index (χ3n) is 1.99. The van der Waals surface area contributed by atoms with E-state index in [1.54, 1.807) is 0 Å². The summed E-state index contributed by atoms with van der Waals surface area (Å²) in [4.78, 5) is 23.2. The summed E-state index contributed by atoms with van der Waals surface area (Å²) in [6, 6.07) is 9.69. The number of carbonyl (C=O) groups is 2. The molecular formula is C12H15NO3S. The number of benzene rings is 1. The number of hydrogen-bond acceptors (Lipinski definition) is 4. The standard InChI is InChI=1S/C12H15NO3S/c1-16-12(15)7-8-13-11(14)9-17-10-5-3-2-4-6-10/h2-6H,7-9H2,1H3,(H,13,14). The van der Waals surface area contributed by atoms with Gasteiger partial charge >= 0.3 is 5.97 Å². The maximum absolute atomic E-state index is 11.4. The van der Waals surface area contributed by atoms with Crippen LogP contribution in [0.25, 0.3) is 0 Å². The lowest BCUT2D eigenvalue weighted by Gasteiger charge is -2.04. The minimum Gasteiger partial charge on any atom is -0.469 e. The number of hydrogen-bond donors (Lipinski definition) is 1. The second-order valence-corrected chi connectivity index (χ2v) is 4.33. The van der Waals surface area contributed by atoms with Gasteiger partial charge in [-0.2, -0.15) is 0 Å². The van der Waals surface area contributed by atoms with Gasteiger partial charge in [-0.05, 0) is 12.1 Å². The number of esters is 1. The molecule has 5 heteroatoms. The van der Waals surface area contributed by atoms with Gasteiger partial charge in [-0.15, -0.1) is 11.8 Å². The third kappa shape index (κ3) is 5.97. The van der Waals surface area contributed by atoms with E-state index in [0.29, 0.717) is 12.3 Å². The van der Waals surface area contributed by atoms with Crippen molar-refractivity contribution in [1.29, 1.82) is 0 Å². The van der Waals surface area contributed by atoms with Crippen molar-refractivity contribution in [3.8, 4) is 0 Å². The minimum absolute atomic E-state index is 0.0808. The van der Waals surface area contributed by atoms with Gasteiger partial charge in [-0.3, -0.25) is 9.59 Å². The van der Waals surface area contributed by atoms with Crippen molar-refractivity contribution >= 4 is 23.6 Å². The Labute approximate surface area is 105 Å². The highest BCUT2D eigenvalue weighted by atomic mass is 32.2. The zero-order chi connectivity index (χ0) is 12.5. The minimum atomic E-state index is -0.319. The van der Waals surface area contributed by atoms with E-state index in [0.717, 1.165) is 4.90 Å². The molecule has 0 radical (unpaired) electrons. The number of rotatable bonds is 6. The van der Waals surface area contributed by atoms with Crippen molar-refractivity contribution in [3.05, 3.63) is 30.3 Å². The van der Waals surface area contributed by atoms with Crippen molar-refractivity contribution in [2.45, 2.75) is 11.3 Å². The summed E-state index contributed by atoms with van der Waals surface area (Å²) in [5.41, 5.74) is 0. The van der Waals surface area contributed by atoms with Gasteiger partial charge in [0.25, 0.3) is 0 Å². The third-order valence-corrected chi connectivity index (χ3v) is 3.00. The summed E-state index contributed by atoms with van der Waals surface area (Å²) in [5.74, 6) is -0.0469. The average Bonchev–Trinajstić information content (AvgIpc) is 2.37. The van der Waals surface area contributed by atoms with Crippen LogP contribution in [0.4, 0.5) is 0 Å². The topological polar surface area (TPSA) is 55.4 Å². The van der Waals surface area contributed by atoms with Crippen LogP contribution in [0.1, 0.15) is 6.42 Å². The Bertz CT molecular complexity index is 367. The molecule has 1 N–H and O–H groups in total. The Balaban J connectivity index is 2.16. The number of ether oxygens (including phenoxy) is 1. The normalized spacial score (nSPS) is 9.71. The SMILES string of the molecule is COC(=O)CCNC(=O)CSc1ccccc1. The van der Waals surface area contributed by atoms with E-state index in [1.807, 2.05) is 30.3 Å². The van der Waals surface area contributed by atoms with Gasteiger partial charge in [0.1, 0.15) is 0 Å². The molecule has 0 spiro atoms. The van der Waals surface area contributed by atoms with Crippen molar-refractivity contribution in [3.63, 3.8) is 0 Å². The highest BCUT2D eigenvalue weighted by Gasteiger charge is 2.04. The first-order valence-electron chi connectivity index (χ1n) is 5.23. The molecule has 4 nitrogen and oxygen atoms in total. The molecule has 1 amide bonds. The summed E-state index contributed by atoms with van der Waals surface area (Å²) in [5, 5.41) is 2.66. The Morgan fingerprint density at radius 1 is 1.29 bits per heavy atom. The lowest BCUT2D eigenvalue weighted by Crippen LogP contribution is -2.27. The molecule has 17 heavy (non-hydrogen) atoms. The van der Waals surface area contributed by atoms with Gasteiger partial charge < -0.3 is 10.1 Å². The quantitative estimate of drug-likeness (QED) is 0.616. The number of carbonyl (C=O) groups excluding carboxylic acids is 2. The number of methoxy groups -OCH3 is 1. The molecule has 1 rings (SSSR count). The highest BCUT2D eigenvalue weighted by Crippen LogP contribution is 2.15. The molecular weight excluding hydrogens is 238 g/mol. The Kier molecular flexibility index (Phi) is 6.17. The van der Waals surface area contributed by atoms with Gasteiger partial charge in [-0.1, -0.05) is 18.2 Å². The molecule has 0 aromatic heterocycles. The van der Waals surface area contributed by atoms with Gasteiger partial charge in [-0.25, -0.2) is 0 Å². The van der Waals surface area contributed by atoms with E-state index in [2.05, 4.69) is 10.1 Å². The summed E-state index contributed by atoms with van der Waals surface area (Å²) < 4.78 is 4.47. The average molecular weight is 253 g/mol. The summed E-state index contributed by atoms with van der Waals surface area (Å²) in [7, 11) is 1.33. The Hall–Kier alpha value is -1.49. The number of amides is 1. The lowest BCUT2D eigenvalue weighted by molar-refractivity contribution is -0.140. The van der Waals surface area contributed by atoms with Crippen molar-refractivity contribution < 1.29 is 14.3 Å². The van der Waals surface area contributed by atoms with Crippen molar-refractivity contribution in [2.24, 2.45) is 0 Å². The molecule has 0 aliphatic carbocycles. The number of nitrogens with one attached hydrogen (secondary N) is 1. The van der Waals surface area contributed by atoms with Crippen LogP contribution in [0.3, 0.4) is 0 Å². The van der Waals surface area contributed by atoms with Gasteiger partial charge in [0, 0.05) is 11.4 Å². The van der Waals surface area contributed by atoms with E-state index >= 15 is 0 Å². The smallest absolute Gasteiger partial charge is 0.307 e. The van der Waals surface area contributed by atoms with Crippen LogP contribution >= 0.6 is 11.8 Å². The first kappa shape index (κ1) is 13.6. The van der Waals surface area contributed by atoms with E-state index in [9.17, 15) is 9.59 Å². The maximum atomic E-state index is 11.4. The van der Waals surface area contributed by atoms with E-state index < -0.39 is 0 Å². The maximum Gasteiger partial charge on any atom is 0.307 e. The molecule has 0 fully saturated rings. The monoisotopic (exact) mass is 253 g/mol. The molecule has 0 saturated heterocycles. The molecule has 92 valence electrons.